The van der Waals surface area contributed by atoms with Crippen LogP contribution < -0.4 is 5.32 Å². The summed E-state index contributed by atoms with van der Waals surface area (Å²) in [6, 6.07) is 1.89. The molecule has 1 aromatic heterocycles. The summed E-state index contributed by atoms with van der Waals surface area (Å²) in [5.74, 6) is 0.172. The molecular formula is C13H19NO2S. The Balaban J connectivity index is 1.88. The fraction of sp³-hybridized carbons (Fsp3) is 0.615. The van der Waals surface area contributed by atoms with E-state index in [2.05, 4.69) is 19.2 Å². The van der Waals surface area contributed by atoms with Gasteiger partial charge < -0.3 is 10.4 Å². The van der Waals surface area contributed by atoms with Crippen molar-refractivity contribution in [2.24, 2.45) is 11.3 Å². The minimum absolute atomic E-state index is 0.0607. The zero-order chi connectivity index (χ0) is 12.7. The van der Waals surface area contributed by atoms with E-state index in [0.717, 1.165) is 12.0 Å². The Morgan fingerprint density at radius 1 is 1.71 bits per heavy atom. The van der Waals surface area contributed by atoms with Crippen molar-refractivity contribution in [2.75, 3.05) is 6.54 Å². The van der Waals surface area contributed by atoms with E-state index in [1.54, 1.807) is 18.3 Å². The zero-order valence-corrected chi connectivity index (χ0v) is 11.3. The number of nitrogens with one attached hydrogen (secondary N) is 1. The maximum Gasteiger partial charge on any atom is 0.223 e. The summed E-state index contributed by atoms with van der Waals surface area (Å²) < 4.78 is 0. The molecule has 0 aliphatic heterocycles. The highest BCUT2D eigenvalue weighted by Gasteiger charge is 2.50. The van der Waals surface area contributed by atoms with Crippen molar-refractivity contribution >= 4 is 17.2 Å². The van der Waals surface area contributed by atoms with Crippen LogP contribution in [0.3, 0.4) is 0 Å². The van der Waals surface area contributed by atoms with E-state index in [4.69, 9.17) is 0 Å². The second-order valence-corrected chi connectivity index (χ2v) is 6.53. The third kappa shape index (κ3) is 2.69. The lowest BCUT2D eigenvalue weighted by Gasteiger charge is -2.23. The summed E-state index contributed by atoms with van der Waals surface area (Å²) in [5, 5.41) is 16.9. The predicted molar refractivity (Wildman–Crippen MR) is 68.8 cm³/mol. The number of thiophene rings is 1. The van der Waals surface area contributed by atoms with Crippen molar-refractivity contribution in [3.8, 4) is 0 Å². The van der Waals surface area contributed by atoms with Gasteiger partial charge in [0.1, 0.15) is 5.60 Å². The van der Waals surface area contributed by atoms with Crippen molar-refractivity contribution in [3.05, 3.63) is 22.4 Å². The molecule has 2 rings (SSSR count). The molecule has 2 atom stereocenters. The molecule has 4 heteroatoms. The first-order valence-electron chi connectivity index (χ1n) is 5.86. The number of carbonyl (C=O) groups is 1. The van der Waals surface area contributed by atoms with Crippen LogP contribution in [-0.4, -0.2) is 17.6 Å². The minimum atomic E-state index is -0.977. The first-order chi connectivity index (χ1) is 7.83. The summed E-state index contributed by atoms with van der Waals surface area (Å²) in [4.78, 5) is 11.8. The first kappa shape index (κ1) is 12.6. The number of rotatable bonds is 4. The van der Waals surface area contributed by atoms with Crippen LogP contribution >= 0.6 is 11.3 Å². The zero-order valence-electron chi connectivity index (χ0n) is 10.5. The maximum atomic E-state index is 11.8. The topological polar surface area (TPSA) is 49.3 Å². The summed E-state index contributed by atoms with van der Waals surface area (Å²) in [7, 11) is 0. The lowest BCUT2D eigenvalue weighted by atomic mass is 9.99. The Labute approximate surface area is 106 Å². The largest absolute Gasteiger partial charge is 0.384 e. The average Bonchev–Trinajstić information content (AvgIpc) is 2.73. The quantitative estimate of drug-likeness (QED) is 0.863. The van der Waals surface area contributed by atoms with Gasteiger partial charge in [-0.05, 0) is 41.1 Å². The molecule has 1 aliphatic carbocycles. The van der Waals surface area contributed by atoms with E-state index in [0.29, 0.717) is 0 Å². The van der Waals surface area contributed by atoms with Gasteiger partial charge in [-0.1, -0.05) is 13.8 Å². The Bertz CT molecular complexity index is 409. The molecule has 1 amide bonds. The second-order valence-electron chi connectivity index (χ2n) is 5.75. The summed E-state index contributed by atoms with van der Waals surface area (Å²) in [6.07, 6.45) is 0.944. The molecule has 2 N–H and O–H groups in total. The van der Waals surface area contributed by atoms with Gasteiger partial charge in [0.05, 0.1) is 6.54 Å². The Hall–Kier alpha value is -0.870. The van der Waals surface area contributed by atoms with Crippen LogP contribution in [-0.2, 0) is 10.4 Å². The van der Waals surface area contributed by atoms with Gasteiger partial charge in [0.2, 0.25) is 5.91 Å². The average molecular weight is 253 g/mol. The smallest absolute Gasteiger partial charge is 0.223 e. The summed E-state index contributed by atoms with van der Waals surface area (Å²) in [6.45, 7) is 6.19. The number of hydrogen-bond acceptors (Lipinski definition) is 3. The molecule has 0 aromatic carbocycles. The lowest BCUT2D eigenvalue weighted by Crippen LogP contribution is -2.39. The molecule has 0 spiro atoms. The SMILES string of the molecule is CC(O)(CNC(=O)C1CC1(C)C)c1ccsc1. The summed E-state index contributed by atoms with van der Waals surface area (Å²) in [5.41, 5.74) is 0.0189. The van der Waals surface area contributed by atoms with Crippen LogP contribution in [0.15, 0.2) is 16.8 Å². The van der Waals surface area contributed by atoms with Gasteiger partial charge in [-0.3, -0.25) is 4.79 Å². The second kappa shape index (κ2) is 4.10. The van der Waals surface area contributed by atoms with Crippen molar-refractivity contribution in [2.45, 2.75) is 32.8 Å². The molecule has 1 fully saturated rings. The van der Waals surface area contributed by atoms with Crippen LogP contribution in [0.25, 0.3) is 0 Å². The number of hydrogen-bond donors (Lipinski definition) is 2. The molecule has 2 unspecified atom stereocenters. The van der Waals surface area contributed by atoms with E-state index in [-0.39, 0.29) is 23.8 Å². The van der Waals surface area contributed by atoms with Crippen LogP contribution in [0, 0.1) is 11.3 Å². The van der Waals surface area contributed by atoms with E-state index < -0.39 is 5.60 Å². The third-order valence-corrected chi connectivity index (χ3v) is 4.26. The van der Waals surface area contributed by atoms with Gasteiger partial charge in [0.25, 0.3) is 0 Å². The molecule has 0 bridgehead atoms. The van der Waals surface area contributed by atoms with Gasteiger partial charge in [0, 0.05) is 5.92 Å². The van der Waals surface area contributed by atoms with Gasteiger partial charge >= 0.3 is 0 Å². The maximum absolute atomic E-state index is 11.8. The molecule has 0 radical (unpaired) electrons. The Kier molecular flexibility index (Phi) is 3.04. The lowest BCUT2D eigenvalue weighted by molar-refractivity contribution is -0.124. The van der Waals surface area contributed by atoms with Crippen molar-refractivity contribution in [3.63, 3.8) is 0 Å². The van der Waals surface area contributed by atoms with Gasteiger partial charge in [0.15, 0.2) is 0 Å². The first-order valence-corrected chi connectivity index (χ1v) is 6.80. The Morgan fingerprint density at radius 2 is 2.35 bits per heavy atom. The van der Waals surface area contributed by atoms with Crippen LogP contribution in [0.4, 0.5) is 0 Å². The van der Waals surface area contributed by atoms with Gasteiger partial charge in [-0.25, -0.2) is 0 Å². The fourth-order valence-electron chi connectivity index (χ4n) is 1.97. The molecule has 1 aliphatic rings. The standard InChI is InChI=1S/C13H19NO2S/c1-12(2)6-10(12)11(15)14-8-13(3,16)9-4-5-17-7-9/h4-5,7,10,16H,6,8H2,1-3H3,(H,14,15). The molecule has 94 valence electrons. The monoisotopic (exact) mass is 253 g/mol. The highest BCUT2D eigenvalue weighted by atomic mass is 32.1. The predicted octanol–water partition coefficient (Wildman–Crippen LogP) is 2.12. The Morgan fingerprint density at radius 3 is 2.82 bits per heavy atom. The fourth-order valence-corrected chi connectivity index (χ4v) is 2.75. The number of amides is 1. The van der Waals surface area contributed by atoms with Gasteiger partial charge in [-0.15, -0.1) is 0 Å². The highest BCUT2D eigenvalue weighted by molar-refractivity contribution is 7.08. The molecule has 1 saturated carbocycles. The van der Waals surface area contributed by atoms with Crippen LogP contribution in [0.5, 0.6) is 0 Å². The molecule has 1 heterocycles. The van der Waals surface area contributed by atoms with Crippen LogP contribution in [0.2, 0.25) is 0 Å². The molecule has 0 saturated heterocycles. The van der Waals surface area contributed by atoms with E-state index in [1.807, 2.05) is 16.8 Å². The number of aliphatic hydroxyl groups is 1. The van der Waals surface area contributed by atoms with Crippen molar-refractivity contribution < 1.29 is 9.90 Å². The van der Waals surface area contributed by atoms with Crippen molar-refractivity contribution in [1.29, 1.82) is 0 Å². The van der Waals surface area contributed by atoms with E-state index >= 15 is 0 Å². The molecular weight excluding hydrogens is 234 g/mol. The van der Waals surface area contributed by atoms with Gasteiger partial charge in [-0.2, -0.15) is 11.3 Å². The van der Waals surface area contributed by atoms with E-state index in [9.17, 15) is 9.90 Å². The third-order valence-electron chi connectivity index (χ3n) is 3.58. The number of carbonyl (C=O) groups excluding carboxylic acids is 1. The normalized spacial score (nSPS) is 25.1. The van der Waals surface area contributed by atoms with Crippen molar-refractivity contribution in [1.82, 2.24) is 5.32 Å². The minimum Gasteiger partial charge on any atom is -0.384 e. The molecule has 3 nitrogen and oxygen atoms in total. The van der Waals surface area contributed by atoms with Crippen LogP contribution in [0.1, 0.15) is 32.8 Å². The highest BCUT2D eigenvalue weighted by Crippen LogP contribution is 2.51. The van der Waals surface area contributed by atoms with E-state index in [1.165, 1.54) is 0 Å². The molecule has 17 heavy (non-hydrogen) atoms. The summed E-state index contributed by atoms with van der Waals surface area (Å²) >= 11 is 1.55. The molecule has 1 aromatic rings.